The largest absolute Gasteiger partial charge is 0.466 e. The number of nitro benzene ring substituents is 1. The van der Waals surface area contributed by atoms with Gasteiger partial charge < -0.3 is 10.1 Å². The molecule has 96 valence electrons. The smallest absolute Gasteiger partial charge is 0.311 e. The fourth-order valence-electron chi connectivity index (χ4n) is 2.02. The molecule has 0 unspecified atom stereocenters. The highest BCUT2D eigenvalue weighted by Gasteiger charge is 2.26. The molecule has 1 aromatic carbocycles. The third kappa shape index (κ3) is 2.42. The number of nitrogens with one attached hydrogen (secondary N) is 1. The molecule has 1 atom stereocenters. The highest BCUT2D eigenvalue weighted by Crippen LogP contribution is 2.29. The first-order chi connectivity index (χ1) is 8.61. The molecule has 6 nitrogen and oxygen atoms in total. The summed E-state index contributed by atoms with van der Waals surface area (Å²) in [4.78, 5) is 21.8. The molecule has 1 heterocycles. The van der Waals surface area contributed by atoms with Gasteiger partial charge in [0.1, 0.15) is 0 Å². The Morgan fingerprint density at radius 3 is 3.06 bits per heavy atom. The molecular formula is C12H14N2O4. The molecule has 0 amide bonds. The molecule has 0 fully saturated rings. The topological polar surface area (TPSA) is 81.5 Å². The number of carbonyl (C=O) groups excluding carboxylic acids is 1. The number of ether oxygens (including phenoxy) is 1. The van der Waals surface area contributed by atoms with Crippen molar-refractivity contribution in [1.29, 1.82) is 0 Å². The molecule has 1 aromatic rings. The van der Waals surface area contributed by atoms with E-state index in [1.165, 1.54) is 12.1 Å². The van der Waals surface area contributed by atoms with E-state index in [0.29, 0.717) is 19.6 Å². The van der Waals surface area contributed by atoms with Gasteiger partial charge in [0.05, 0.1) is 17.4 Å². The van der Waals surface area contributed by atoms with E-state index in [-0.39, 0.29) is 17.6 Å². The van der Waals surface area contributed by atoms with Crippen LogP contribution in [0, 0.1) is 16.0 Å². The van der Waals surface area contributed by atoms with Gasteiger partial charge >= 0.3 is 5.97 Å². The lowest BCUT2D eigenvalue weighted by Gasteiger charge is -2.24. The molecule has 18 heavy (non-hydrogen) atoms. The monoisotopic (exact) mass is 250 g/mol. The second-order valence-corrected chi connectivity index (χ2v) is 4.13. The molecule has 0 saturated heterocycles. The van der Waals surface area contributed by atoms with Crippen molar-refractivity contribution in [3.05, 3.63) is 33.9 Å². The van der Waals surface area contributed by atoms with Gasteiger partial charge in [0.2, 0.25) is 0 Å². The number of carbonyl (C=O) groups is 1. The van der Waals surface area contributed by atoms with E-state index in [1.807, 2.05) is 0 Å². The summed E-state index contributed by atoms with van der Waals surface area (Å²) in [6.07, 6.45) is 0.555. The Hall–Kier alpha value is -2.11. The Morgan fingerprint density at radius 2 is 2.39 bits per heavy atom. The molecule has 0 bridgehead atoms. The average Bonchev–Trinajstić information content (AvgIpc) is 2.37. The summed E-state index contributed by atoms with van der Waals surface area (Å²) >= 11 is 0. The number of benzene rings is 1. The standard InChI is InChI=1S/C12H14N2O4/c1-2-18-12(15)9-5-8-3-4-10(14(16)17)6-11(8)13-7-9/h3-4,6,9,13H,2,5,7H2,1H3/t9-/m1/s1. The van der Waals surface area contributed by atoms with Crippen molar-refractivity contribution in [2.45, 2.75) is 13.3 Å². The summed E-state index contributed by atoms with van der Waals surface area (Å²) in [6.45, 7) is 2.58. The Labute approximate surface area is 104 Å². The summed E-state index contributed by atoms with van der Waals surface area (Å²) < 4.78 is 4.97. The number of esters is 1. The van der Waals surface area contributed by atoms with Crippen LogP contribution in [0.2, 0.25) is 0 Å². The molecule has 0 radical (unpaired) electrons. The van der Waals surface area contributed by atoms with Crippen LogP contribution >= 0.6 is 0 Å². The number of nitro groups is 1. The number of non-ortho nitro benzene ring substituents is 1. The van der Waals surface area contributed by atoms with Crippen molar-refractivity contribution >= 4 is 17.3 Å². The molecule has 0 saturated carbocycles. The van der Waals surface area contributed by atoms with Gasteiger partial charge in [-0.25, -0.2) is 0 Å². The van der Waals surface area contributed by atoms with E-state index in [9.17, 15) is 14.9 Å². The van der Waals surface area contributed by atoms with Gasteiger partial charge in [-0.3, -0.25) is 14.9 Å². The van der Waals surface area contributed by atoms with E-state index in [0.717, 1.165) is 11.3 Å². The maximum absolute atomic E-state index is 11.6. The van der Waals surface area contributed by atoms with Gasteiger partial charge in [0.15, 0.2) is 0 Å². The fraction of sp³-hybridized carbons (Fsp3) is 0.417. The number of anilines is 1. The molecule has 1 aliphatic rings. The van der Waals surface area contributed by atoms with Gasteiger partial charge in [-0.2, -0.15) is 0 Å². The Morgan fingerprint density at radius 1 is 1.61 bits per heavy atom. The number of fused-ring (bicyclic) bond motifs is 1. The Kier molecular flexibility index (Phi) is 3.45. The zero-order valence-electron chi connectivity index (χ0n) is 10.0. The summed E-state index contributed by atoms with van der Waals surface area (Å²) in [5.41, 5.74) is 1.69. The van der Waals surface area contributed by atoms with Gasteiger partial charge in [-0.15, -0.1) is 0 Å². The van der Waals surface area contributed by atoms with Crippen LogP contribution in [0.15, 0.2) is 18.2 Å². The van der Waals surface area contributed by atoms with Crippen LogP contribution in [0.25, 0.3) is 0 Å². The number of nitrogens with zero attached hydrogens (tertiary/aromatic N) is 1. The Balaban J connectivity index is 2.16. The Bertz CT molecular complexity index is 487. The summed E-state index contributed by atoms with van der Waals surface area (Å²) in [6, 6.07) is 4.64. The highest BCUT2D eigenvalue weighted by molar-refractivity contribution is 5.75. The predicted octanol–water partition coefficient (Wildman–Crippen LogP) is 1.74. The number of rotatable bonds is 3. The van der Waals surface area contributed by atoms with Crippen LogP contribution in [-0.4, -0.2) is 24.0 Å². The summed E-state index contributed by atoms with van der Waals surface area (Å²) in [5, 5.41) is 13.7. The van der Waals surface area contributed by atoms with E-state index in [2.05, 4.69) is 5.32 Å². The third-order valence-corrected chi connectivity index (χ3v) is 2.93. The zero-order valence-corrected chi connectivity index (χ0v) is 10.0. The van der Waals surface area contributed by atoms with Crippen molar-refractivity contribution < 1.29 is 14.5 Å². The summed E-state index contributed by atoms with van der Waals surface area (Å²) in [7, 11) is 0. The van der Waals surface area contributed by atoms with E-state index in [1.54, 1.807) is 13.0 Å². The van der Waals surface area contributed by atoms with E-state index >= 15 is 0 Å². The van der Waals surface area contributed by atoms with Crippen LogP contribution in [0.1, 0.15) is 12.5 Å². The normalized spacial score (nSPS) is 17.5. The van der Waals surface area contributed by atoms with Gasteiger partial charge in [-0.1, -0.05) is 6.07 Å². The molecule has 1 N–H and O–H groups in total. The third-order valence-electron chi connectivity index (χ3n) is 2.93. The number of hydrogen-bond acceptors (Lipinski definition) is 5. The lowest BCUT2D eigenvalue weighted by molar-refractivity contribution is -0.384. The van der Waals surface area contributed by atoms with Crippen LogP contribution in [-0.2, 0) is 16.0 Å². The molecule has 0 aromatic heterocycles. The van der Waals surface area contributed by atoms with E-state index in [4.69, 9.17) is 4.74 Å². The van der Waals surface area contributed by atoms with Crippen molar-refractivity contribution in [1.82, 2.24) is 0 Å². The lowest BCUT2D eigenvalue weighted by Crippen LogP contribution is -2.31. The molecule has 2 rings (SSSR count). The lowest BCUT2D eigenvalue weighted by atomic mass is 9.94. The minimum Gasteiger partial charge on any atom is -0.466 e. The van der Waals surface area contributed by atoms with E-state index < -0.39 is 4.92 Å². The summed E-state index contributed by atoms with van der Waals surface area (Å²) in [5.74, 6) is -0.451. The van der Waals surface area contributed by atoms with Crippen LogP contribution in [0.3, 0.4) is 0 Å². The maximum Gasteiger partial charge on any atom is 0.311 e. The van der Waals surface area contributed by atoms with Crippen molar-refractivity contribution in [3.63, 3.8) is 0 Å². The van der Waals surface area contributed by atoms with Gasteiger partial charge in [0.25, 0.3) is 5.69 Å². The first-order valence-corrected chi connectivity index (χ1v) is 5.79. The molecule has 1 aliphatic heterocycles. The molecule has 6 heteroatoms. The first-order valence-electron chi connectivity index (χ1n) is 5.79. The van der Waals surface area contributed by atoms with Crippen molar-refractivity contribution in [3.8, 4) is 0 Å². The fourth-order valence-corrected chi connectivity index (χ4v) is 2.02. The van der Waals surface area contributed by atoms with Crippen LogP contribution in [0.5, 0.6) is 0 Å². The first kappa shape index (κ1) is 12.3. The molecule has 0 aliphatic carbocycles. The van der Waals surface area contributed by atoms with Crippen LogP contribution in [0.4, 0.5) is 11.4 Å². The van der Waals surface area contributed by atoms with Crippen LogP contribution < -0.4 is 5.32 Å². The molecular weight excluding hydrogens is 236 g/mol. The van der Waals surface area contributed by atoms with Gasteiger partial charge in [0, 0.05) is 24.4 Å². The zero-order chi connectivity index (χ0) is 13.1. The van der Waals surface area contributed by atoms with Crippen molar-refractivity contribution in [2.75, 3.05) is 18.5 Å². The quantitative estimate of drug-likeness (QED) is 0.502. The molecule has 0 spiro atoms. The highest BCUT2D eigenvalue weighted by atomic mass is 16.6. The minimum absolute atomic E-state index is 0.0517. The SMILES string of the molecule is CCOC(=O)[C@H]1CNc2cc([N+](=O)[O-])ccc2C1. The van der Waals surface area contributed by atoms with Gasteiger partial charge in [-0.05, 0) is 18.9 Å². The number of hydrogen-bond donors (Lipinski definition) is 1. The maximum atomic E-state index is 11.6. The second-order valence-electron chi connectivity index (χ2n) is 4.13. The second kappa shape index (κ2) is 5.03. The predicted molar refractivity (Wildman–Crippen MR) is 65.4 cm³/mol. The minimum atomic E-state index is -0.431. The average molecular weight is 250 g/mol. The van der Waals surface area contributed by atoms with Crippen molar-refractivity contribution in [2.24, 2.45) is 5.92 Å².